The first kappa shape index (κ1) is 19.2. The van der Waals surface area contributed by atoms with E-state index in [1.54, 1.807) is 6.92 Å². The molecule has 0 bridgehead atoms. The molecule has 1 saturated heterocycles. The van der Waals surface area contributed by atoms with Gasteiger partial charge in [-0.05, 0) is 12.8 Å². The molecule has 1 aliphatic heterocycles. The fourth-order valence-corrected chi connectivity index (χ4v) is 3.23. The van der Waals surface area contributed by atoms with Crippen molar-refractivity contribution < 1.29 is 33.0 Å². The van der Waals surface area contributed by atoms with Crippen molar-refractivity contribution in [3.8, 4) is 0 Å². The molecule has 1 fully saturated rings. The average molecular weight is 363 g/mol. The van der Waals surface area contributed by atoms with Crippen molar-refractivity contribution in [3.63, 3.8) is 0 Å². The van der Waals surface area contributed by atoms with Crippen molar-refractivity contribution >= 4 is 11.9 Å². The highest BCUT2D eigenvalue weighted by molar-refractivity contribution is 5.93. The van der Waals surface area contributed by atoms with Gasteiger partial charge in [-0.25, -0.2) is 0 Å². The Morgan fingerprint density at radius 3 is 2.56 bits per heavy atom. The number of aryl methyl sites for hydroxylation is 1. The minimum atomic E-state index is -4.68. The van der Waals surface area contributed by atoms with Crippen LogP contribution in [0.4, 0.5) is 13.2 Å². The second-order valence-electron chi connectivity index (χ2n) is 6.28. The van der Waals surface area contributed by atoms with E-state index < -0.39 is 35.3 Å². The highest BCUT2D eigenvalue weighted by Gasteiger charge is 2.50. The van der Waals surface area contributed by atoms with Crippen LogP contribution in [0.15, 0.2) is 6.07 Å². The zero-order chi connectivity index (χ0) is 19.0. The van der Waals surface area contributed by atoms with Gasteiger partial charge in [-0.15, -0.1) is 0 Å². The van der Waals surface area contributed by atoms with Crippen molar-refractivity contribution in [2.75, 3.05) is 13.1 Å². The second kappa shape index (κ2) is 6.66. The summed E-state index contributed by atoms with van der Waals surface area (Å²) in [6, 6.07) is 0.648. The van der Waals surface area contributed by atoms with Crippen LogP contribution in [0.3, 0.4) is 0 Å². The molecular weight excluding hydrogens is 343 g/mol. The zero-order valence-corrected chi connectivity index (χ0v) is 13.9. The Morgan fingerprint density at radius 1 is 1.44 bits per heavy atom. The summed E-state index contributed by atoms with van der Waals surface area (Å²) < 4.78 is 39.1. The lowest BCUT2D eigenvalue weighted by Crippen LogP contribution is -2.57. The summed E-state index contributed by atoms with van der Waals surface area (Å²) >= 11 is 0. The Kier molecular flexibility index (Phi) is 5.12. The topological polar surface area (TPSA) is 95.7 Å². The molecule has 1 aliphatic rings. The van der Waals surface area contributed by atoms with E-state index in [2.05, 4.69) is 5.10 Å². The Labute approximate surface area is 142 Å². The van der Waals surface area contributed by atoms with Crippen LogP contribution in [0, 0.1) is 5.41 Å². The molecule has 2 rings (SSSR count). The molecule has 140 valence electrons. The number of nitrogens with zero attached hydrogens (tertiary/aromatic N) is 3. The maximum atomic E-state index is 12.8. The first-order valence-corrected chi connectivity index (χ1v) is 7.85. The van der Waals surface area contributed by atoms with Gasteiger partial charge in [0.2, 0.25) is 0 Å². The van der Waals surface area contributed by atoms with Gasteiger partial charge in [0.1, 0.15) is 11.1 Å². The second-order valence-corrected chi connectivity index (χ2v) is 6.28. The summed E-state index contributed by atoms with van der Waals surface area (Å²) in [5.41, 5.74) is -2.98. The summed E-state index contributed by atoms with van der Waals surface area (Å²) in [6.45, 7) is 1.56. The van der Waals surface area contributed by atoms with Gasteiger partial charge in [0.15, 0.2) is 5.69 Å². The van der Waals surface area contributed by atoms with Crippen LogP contribution in [0.25, 0.3) is 0 Å². The third-order valence-corrected chi connectivity index (χ3v) is 4.58. The number of rotatable bonds is 4. The first-order valence-electron chi connectivity index (χ1n) is 7.85. The largest absolute Gasteiger partial charge is 0.481 e. The number of aliphatic carboxylic acids is 1. The lowest BCUT2D eigenvalue weighted by Gasteiger charge is -2.43. The smallest absolute Gasteiger partial charge is 0.435 e. The fourth-order valence-electron chi connectivity index (χ4n) is 3.23. The fraction of sp³-hybridized carbons (Fsp3) is 0.667. The van der Waals surface area contributed by atoms with Gasteiger partial charge in [-0.2, -0.15) is 18.3 Å². The lowest BCUT2D eigenvalue weighted by molar-refractivity contribution is -0.162. The highest BCUT2D eigenvalue weighted by atomic mass is 19.4. The molecule has 1 aromatic heterocycles. The van der Waals surface area contributed by atoms with Crippen LogP contribution in [0.2, 0.25) is 0 Å². The van der Waals surface area contributed by atoms with Crippen LogP contribution in [-0.2, 0) is 18.0 Å². The van der Waals surface area contributed by atoms with Crippen molar-refractivity contribution in [1.82, 2.24) is 14.7 Å². The molecule has 2 heterocycles. The number of hydrogen-bond acceptors (Lipinski definition) is 4. The van der Waals surface area contributed by atoms with Gasteiger partial charge >= 0.3 is 12.1 Å². The van der Waals surface area contributed by atoms with Crippen molar-refractivity contribution in [1.29, 1.82) is 0 Å². The summed E-state index contributed by atoms with van der Waals surface area (Å²) in [7, 11) is 1.22. The maximum absolute atomic E-state index is 12.8. The first-order chi connectivity index (χ1) is 11.5. The third kappa shape index (κ3) is 3.48. The summed E-state index contributed by atoms with van der Waals surface area (Å²) in [4.78, 5) is 25.5. The number of carboxylic acid groups (broad SMARTS) is 1. The minimum absolute atomic E-state index is 0.0437. The Balaban J connectivity index is 2.31. The number of hydrogen-bond donors (Lipinski definition) is 2. The molecule has 1 aromatic rings. The summed E-state index contributed by atoms with van der Waals surface area (Å²) in [5.74, 6) is -1.96. The molecule has 2 atom stereocenters. The number of piperidine rings is 1. The number of alkyl halides is 3. The number of likely N-dealkylation sites (tertiary alicyclic amines) is 1. The molecule has 7 nitrogen and oxygen atoms in total. The predicted octanol–water partition coefficient (Wildman–Crippen LogP) is 1.52. The number of aliphatic hydroxyl groups excluding tert-OH is 1. The number of carboxylic acids is 1. The molecule has 0 saturated carbocycles. The number of carbonyl (C=O) groups is 2. The van der Waals surface area contributed by atoms with Crippen molar-refractivity contribution in [3.05, 3.63) is 17.5 Å². The molecule has 0 unspecified atom stereocenters. The maximum Gasteiger partial charge on any atom is 0.435 e. The lowest BCUT2D eigenvalue weighted by atomic mass is 9.74. The number of carbonyl (C=O) groups excluding carboxylic acids is 1. The number of aliphatic hydroxyl groups is 1. The van der Waals surface area contributed by atoms with Crippen molar-refractivity contribution in [2.24, 2.45) is 12.5 Å². The molecule has 0 aliphatic carbocycles. The molecule has 25 heavy (non-hydrogen) atoms. The SMILES string of the molecule is CCC[C@@]1(C(=O)O)CN(C(=O)c2cc(C(F)(F)F)nn2C)CC[C@H]1O. The molecule has 2 N–H and O–H groups in total. The standard InChI is InChI=1S/C15H20F3N3O4/c1-3-5-14(13(24)25)8-21(6-4-11(14)22)12(23)9-7-10(15(16,17)18)19-20(9)2/h7,11,22H,3-6,8H2,1-2H3,(H,24,25)/t11-,14-/m1/s1. The van der Waals surface area contributed by atoms with Crippen LogP contribution in [0.1, 0.15) is 42.4 Å². The van der Waals surface area contributed by atoms with Crippen LogP contribution >= 0.6 is 0 Å². The Morgan fingerprint density at radius 2 is 2.08 bits per heavy atom. The Hall–Kier alpha value is -2.10. The van der Waals surface area contributed by atoms with Crippen LogP contribution in [0.5, 0.6) is 0 Å². The third-order valence-electron chi connectivity index (χ3n) is 4.58. The molecule has 0 radical (unpaired) electrons. The number of amides is 1. The molecular formula is C15H20F3N3O4. The van der Waals surface area contributed by atoms with Gasteiger partial charge in [0, 0.05) is 26.2 Å². The van der Waals surface area contributed by atoms with E-state index in [1.807, 2.05) is 0 Å². The van der Waals surface area contributed by atoms with Gasteiger partial charge in [0.05, 0.1) is 6.10 Å². The zero-order valence-electron chi connectivity index (χ0n) is 13.9. The Bertz CT molecular complexity index is 673. The van der Waals surface area contributed by atoms with E-state index in [0.717, 1.165) is 4.68 Å². The van der Waals surface area contributed by atoms with Gasteiger partial charge < -0.3 is 15.1 Å². The molecule has 10 heteroatoms. The molecule has 0 spiro atoms. The van der Waals surface area contributed by atoms with E-state index in [-0.39, 0.29) is 31.6 Å². The van der Waals surface area contributed by atoms with E-state index in [0.29, 0.717) is 12.5 Å². The predicted molar refractivity (Wildman–Crippen MR) is 79.7 cm³/mol. The molecule has 0 aromatic carbocycles. The van der Waals surface area contributed by atoms with E-state index in [4.69, 9.17) is 0 Å². The van der Waals surface area contributed by atoms with Crippen molar-refractivity contribution in [2.45, 2.75) is 38.5 Å². The summed E-state index contributed by atoms with van der Waals surface area (Å²) in [6.07, 6.45) is -5.11. The van der Waals surface area contributed by atoms with Crippen LogP contribution in [-0.4, -0.2) is 56.0 Å². The monoisotopic (exact) mass is 363 g/mol. The molecule has 1 amide bonds. The van der Waals surface area contributed by atoms with E-state index >= 15 is 0 Å². The highest BCUT2D eigenvalue weighted by Crippen LogP contribution is 2.36. The number of halogens is 3. The van der Waals surface area contributed by atoms with Gasteiger partial charge in [0.25, 0.3) is 5.91 Å². The van der Waals surface area contributed by atoms with Crippen LogP contribution < -0.4 is 0 Å². The van der Waals surface area contributed by atoms with Gasteiger partial charge in [-0.3, -0.25) is 14.3 Å². The normalized spacial score (nSPS) is 24.4. The number of aromatic nitrogens is 2. The average Bonchev–Trinajstić information content (AvgIpc) is 2.91. The van der Waals surface area contributed by atoms with Gasteiger partial charge in [-0.1, -0.05) is 13.3 Å². The summed E-state index contributed by atoms with van der Waals surface area (Å²) in [5, 5.41) is 23.0. The van der Waals surface area contributed by atoms with E-state index in [9.17, 15) is 33.0 Å². The van der Waals surface area contributed by atoms with E-state index in [1.165, 1.54) is 11.9 Å². The minimum Gasteiger partial charge on any atom is -0.481 e. The quantitative estimate of drug-likeness (QED) is 0.846.